The summed E-state index contributed by atoms with van der Waals surface area (Å²) in [6, 6.07) is 0.352. The molecule has 0 bridgehead atoms. The fourth-order valence-corrected chi connectivity index (χ4v) is 2.81. The van der Waals surface area contributed by atoms with E-state index >= 15 is 0 Å². The lowest BCUT2D eigenvalue weighted by atomic mass is 10.1. The molecule has 17 heavy (non-hydrogen) atoms. The number of anilines is 1. The van der Waals surface area contributed by atoms with Crippen molar-refractivity contribution in [2.45, 2.75) is 38.6 Å². The van der Waals surface area contributed by atoms with Gasteiger partial charge >= 0.3 is 0 Å². The van der Waals surface area contributed by atoms with Crippen LogP contribution in [0.3, 0.4) is 0 Å². The Hall–Kier alpha value is -1.10. The topological polar surface area (TPSA) is 45.2 Å². The van der Waals surface area contributed by atoms with E-state index in [0.717, 1.165) is 37.5 Å². The van der Waals surface area contributed by atoms with Crippen molar-refractivity contribution in [3.05, 3.63) is 11.6 Å². The summed E-state index contributed by atoms with van der Waals surface area (Å²) >= 11 is 1.68. The van der Waals surface area contributed by atoms with Crippen LogP contribution >= 0.6 is 11.3 Å². The van der Waals surface area contributed by atoms with Gasteiger partial charge in [-0.25, -0.2) is 4.98 Å². The maximum Gasteiger partial charge on any atom is 0.220 e. The summed E-state index contributed by atoms with van der Waals surface area (Å²) in [6.45, 7) is 4.01. The molecule has 5 heteroatoms. The van der Waals surface area contributed by atoms with E-state index in [1.54, 1.807) is 11.3 Å². The van der Waals surface area contributed by atoms with Crippen LogP contribution in [-0.4, -0.2) is 30.0 Å². The normalized spacial score (nSPS) is 17.1. The number of carbonyl (C=O) groups excluding carboxylic acids is 1. The average Bonchev–Trinajstić information content (AvgIpc) is 2.84. The molecule has 0 radical (unpaired) electrons. The fourth-order valence-electron chi connectivity index (χ4n) is 2.11. The lowest BCUT2D eigenvalue weighted by molar-refractivity contribution is -0.121. The minimum absolute atomic E-state index is 0.195. The first-order valence-electron chi connectivity index (χ1n) is 6.23. The first kappa shape index (κ1) is 12.4. The Balaban J connectivity index is 1.76. The number of nitrogens with one attached hydrogen (secondary N) is 1. The first-order valence-corrected chi connectivity index (χ1v) is 7.11. The molecule has 0 saturated carbocycles. The highest BCUT2D eigenvalue weighted by atomic mass is 32.1. The van der Waals surface area contributed by atoms with E-state index in [-0.39, 0.29) is 5.91 Å². The van der Waals surface area contributed by atoms with Gasteiger partial charge in [-0.3, -0.25) is 4.79 Å². The number of hydrogen-bond donors (Lipinski definition) is 1. The molecule has 0 atom stereocenters. The highest BCUT2D eigenvalue weighted by molar-refractivity contribution is 7.13. The molecule has 1 aromatic heterocycles. The Morgan fingerprint density at radius 3 is 2.94 bits per heavy atom. The number of hydrogen-bond acceptors (Lipinski definition) is 4. The summed E-state index contributed by atoms with van der Waals surface area (Å²) in [5.74, 6) is 0.195. The molecular weight excluding hydrogens is 234 g/mol. The summed E-state index contributed by atoms with van der Waals surface area (Å²) in [7, 11) is 0. The molecule has 0 spiro atoms. The summed E-state index contributed by atoms with van der Waals surface area (Å²) in [5, 5.41) is 6.21. The monoisotopic (exact) mass is 253 g/mol. The second-order valence-electron chi connectivity index (χ2n) is 4.39. The summed E-state index contributed by atoms with van der Waals surface area (Å²) in [6.07, 6.45) is 5.45. The molecule has 1 aromatic rings. The Labute approximate surface area is 106 Å². The molecule has 0 aromatic carbocycles. The molecule has 2 heterocycles. The van der Waals surface area contributed by atoms with Gasteiger partial charge in [-0.1, -0.05) is 6.92 Å². The van der Waals surface area contributed by atoms with Gasteiger partial charge in [-0.15, -0.1) is 11.3 Å². The lowest BCUT2D eigenvalue weighted by Gasteiger charge is -2.32. The van der Waals surface area contributed by atoms with Crippen molar-refractivity contribution in [3.63, 3.8) is 0 Å². The number of amides is 1. The van der Waals surface area contributed by atoms with Crippen LogP contribution in [0.25, 0.3) is 0 Å². The molecule has 1 amide bonds. The molecule has 1 fully saturated rings. The maximum atomic E-state index is 11.5. The van der Waals surface area contributed by atoms with E-state index in [1.807, 2.05) is 18.5 Å². The maximum absolute atomic E-state index is 11.5. The smallest absolute Gasteiger partial charge is 0.220 e. The van der Waals surface area contributed by atoms with E-state index in [2.05, 4.69) is 15.2 Å². The van der Waals surface area contributed by atoms with Crippen LogP contribution in [-0.2, 0) is 4.79 Å². The summed E-state index contributed by atoms with van der Waals surface area (Å²) < 4.78 is 0. The SMILES string of the molecule is CCCC(=O)NC1CCN(c2nccs2)CC1. The van der Waals surface area contributed by atoms with Gasteiger partial charge in [-0.2, -0.15) is 0 Å². The number of aromatic nitrogens is 1. The van der Waals surface area contributed by atoms with Gasteiger partial charge in [0.15, 0.2) is 5.13 Å². The Kier molecular flexibility index (Phi) is 4.36. The standard InChI is InChI=1S/C12H19N3OS/c1-2-3-11(16)14-10-4-7-15(8-5-10)12-13-6-9-17-12/h6,9-10H,2-5,7-8H2,1H3,(H,14,16). The Morgan fingerprint density at radius 2 is 2.35 bits per heavy atom. The third-order valence-electron chi connectivity index (χ3n) is 3.03. The summed E-state index contributed by atoms with van der Waals surface area (Å²) in [5.41, 5.74) is 0. The molecule has 1 N–H and O–H groups in total. The Morgan fingerprint density at radius 1 is 1.59 bits per heavy atom. The van der Waals surface area contributed by atoms with Gasteiger partial charge in [0.05, 0.1) is 0 Å². The second-order valence-corrected chi connectivity index (χ2v) is 5.27. The minimum atomic E-state index is 0.195. The van der Waals surface area contributed by atoms with Crippen molar-refractivity contribution in [1.82, 2.24) is 10.3 Å². The predicted molar refractivity (Wildman–Crippen MR) is 70.4 cm³/mol. The highest BCUT2D eigenvalue weighted by Gasteiger charge is 2.21. The van der Waals surface area contributed by atoms with E-state index in [4.69, 9.17) is 0 Å². The number of piperidine rings is 1. The Bertz CT molecular complexity index is 345. The van der Waals surface area contributed by atoms with Crippen LogP contribution in [0.1, 0.15) is 32.6 Å². The van der Waals surface area contributed by atoms with Crippen molar-refractivity contribution in [1.29, 1.82) is 0 Å². The van der Waals surface area contributed by atoms with Crippen LogP contribution in [0.2, 0.25) is 0 Å². The van der Waals surface area contributed by atoms with Crippen molar-refractivity contribution in [2.24, 2.45) is 0 Å². The van der Waals surface area contributed by atoms with Gasteiger partial charge in [0.2, 0.25) is 5.91 Å². The second kappa shape index (κ2) is 6.00. The van der Waals surface area contributed by atoms with E-state index in [1.165, 1.54) is 0 Å². The summed E-state index contributed by atoms with van der Waals surface area (Å²) in [4.78, 5) is 18.1. The number of thiazole rings is 1. The van der Waals surface area contributed by atoms with Crippen molar-refractivity contribution in [3.8, 4) is 0 Å². The largest absolute Gasteiger partial charge is 0.353 e. The molecule has 4 nitrogen and oxygen atoms in total. The van der Waals surface area contributed by atoms with E-state index < -0.39 is 0 Å². The molecule has 0 unspecified atom stereocenters. The molecule has 94 valence electrons. The predicted octanol–water partition coefficient (Wildman–Crippen LogP) is 2.03. The zero-order chi connectivity index (χ0) is 12.1. The van der Waals surface area contributed by atoms with Gasteiger partial charge < -0.3 is 10.2 Å². The third kappa shape index (κ3) is 3.43. The van der Waals surface area contributed by atoms with E-state index in [0.29, 0.717) is 12.5 Å². The van der Waals surface area contributed by atoms with Crippen LogP contribution < -0.4 is 10.2 Å². The van der Waals surface area contributed by atoms with Crippen LogP contribution in [0.5, 0.6) is 0 Å². The highest BCUT2D eigenvalue weighted by Crippen LogP contribution is 2.21. The van der Waals surface area contributed by atoms with Gasteiger partial charge in [-0.05, 0) is 19.3 Å². The minimum Gasteiger partial charge on any atom is -0.353 e. The third-order valence-corrected chi connectivity index (χ3v) is 3.86. The number of nitrogens with zero attached hydrogens (tertiary/aromatic N) is 2. The number of rotatable bonds is 4. The molecule has 1 saturated heterocycles. The molecule has 0 aliphatic carbocycles. The molecule has 1 aliphatic rings. The molecule has 2 rings (SSSR count). The lowest BCUT2D eigenvalue weighted by Crippen LogP contribution is -2.44. The van der Waals surface area contributed by atoms with Crippen LogP contribution in [0.15, 0.2) is 11.6 Å². The van der Waals surface area contributed by atoms with Gasteiger partial charge in [0.25, 0.3) is 0 Å². The van der Waals surface area contributed by atoms with E-state index in [9.17, 15) is 4.79 Å². The fraction of sp³-hybridized carbons (Fsp3) is 0.667. The zero-order valence-electron chi connectivity index (χ0n) is 10.2. The average molecular weight is 253 g/mol. The van der Waals surface area contributed by atoms with Crippen molar-refractivity contribution in [2.75, 3.05) is 18.0 Å². The van der Waals surface area contributed by atoms with Crippen molar-refractivity contribution >= 4 is 22.4 Å². The molecule has 1 aliphatic heterocycles. The molecular formula is C12H19N3OS. The zero-order valence-corrected chi connectivity index (χ0v) is 11.0. The van der Waals surface area contributed by atoms with Gasteiger partial charge in [0, 0.05) is 37.1 Å². The first-order chi connectivity index (χ1) is 8.29. The van der Waals surface area contributed by atoms with Gasteiger partial charge in [0.1, 0.15) is 0 Å². The van der Waals surface area contributed by atoms with Crippen LogP contribution in [0, 0.1) is 0 Å². The van der Waals surface area contributed by atoms with Crippen molar-refractivity contribution < 1.29 is 4.79 Å². The van der Waals surface area contributed by atoms with Crippen LogP contribution in [0.4, 0.5) is 5.13 Å². The quantitative estimate of drug-likeness (QED) is 0.893. The number of carbonyl (C=O) groups is 1.